The summed E-state index contributed by atoms with van der Waals surface area (Å²) < 4.78 is 15.3. The van der Waals surface area contributed by atoms with Crippen LogP contribution >= 0.6 is 0 Å². The number of rotatable bonds is 7. The van der Waals surface area contributed by atoms with E-state index in [1.54, 1.807) is 0 Å². The quantitative estimate of drug-likeness (QED) is 0.168. The van der Waals surface area contributed by atoms with Gasteiger partial charge in [0.1, 0.15) is 0 Å². The summed E-state index contributed by atoms with van der Waals surface area (Å²) in [5.41, 5.74) is 14.0. The van der Waals surface area contributed by atoms with Gasteiger partial charge in [-0.3, -0.25) is 0 Å². The van der Waals surface area contributed by atoms with Crippen LogP contribution in [0, 0.1) is 0 Å². The van der Waals surface area contributed by atoms with Crippen molar-refractivity contribution in [2.45, 2.75) is 59.2 Å². The molecule has 210 valence electrons. The summed E-state index contributed by atoms with van der Waals surface area (Å²) in [5, 5.41) is 0. The molecule has 2 aliphatic rings. The average Bonchev–Trinajstić information content (AvgIpc) is 3.64. The van der Waals surface area contributed by atoms with Crippen LogP contribution in [0.25, 0.3) is 34.4 Å². The normalized spacial score (nSPS) is 20.1. The summed E-state index contributed by atoms with van der Waals surface area (Å²) in [7, 11) is 0. The molecular weight excluding hydrogens is 659 g/mol. The van der Waals surface area contributed by atoms with Crippen LogP contribution in [0.15, 0.2) is 97.1 Å². The van der Waals surface area contributed by atoms with Crippen molar-refractivity contribution in [2.24, 2.45) is 0 Å². The summed E-state index contributed by atoms with van der Waals surface area (Å²) in [4.78, 5) is 0. The van der Waals surface area contributed by atoms with Crippen LogP contribution in [-0.4, -0.2) is 4.26 Å². The minimum absolute atomic E-state index is 0.306. The van der Waals surface area contributed by atoms with E-state index in [2.05, 4.69) is 144 Å². The summed E-state index contributed by atoms with van der Waals surface area (Å²) in [5.74, 6) is 0. The SMILES string of the molecule is [CH2]=[Hf]([CH3])([CH3])([CH3])([CH2]C)([CH]1C=Cc2c(-c3ccccc3CC)cccc21)[CH]1C=Cc2c(-c3ccccc3CC)cccc21. The number of hydrogen-bond donors (Lipinski definition) is 0. The van der Waals surface area contributed by atoms with Gasteiger partial charge >= 0.3 is 243 Å². The molecule has 1 heteroatoms. The maximum atomic E-state index is 5.61. The molecule has 0 fully saturated rings. The second-order valence-corrected chi connectivity index (χ2v) is 70.6. The zero-order valence-electron chi connectivity index (χ0n) is 25.9. The fourth-order valence-corrected chi connectivity index (χ4v) is 33.6. The van der Waals surface area contributed by atoms with Gasteiger partial charge in [0.25, 0.3) is 0 Å². The summed E-state index contributed by atoms with van der Waals surface area (Å²) in [6, 6.07) is 31.9. The molecule has 0 radical (unpaired) electrons. The number of benzene rings is 4. The fourth-order valence-electron chi connectivity index (χ4n) is 8.47. The summed E-state index contributed by atoms with van der Waals surface area (Å²) in [6.07, 6.45) is 12.0. The maximum absolute atomic E-state index is 5.61. The Balaban J connectivity index is 1.56. The van der Waals surface area contributed by atoms with Gasteiger partial charge in [0.05, 0.1) is 0 Å². The van der Waals surface area contributed by atoms with Gasteiger partial charge in [0, 0.05) is 0 Å². The van der Waals surface area contributed by atoms with E-state index < -0.39 is 15.1 Å². The van der Waals surface area contributed by atoms with Crippen LogP contribution in [0.4, 0.5) is 0 Å². The predicted octanol–water partition coefficient (Wildman–Crippen LogP) is 11.8. The third kappa shape index (κ3) is 3.98. The van der Waals surface area contributed by atoms with Crippen LogP contribution < -0.4 is 0 Å². The van der Waals surface area contributed by atoms with E-state index in [9.17, 15) is 0 Å². The Morgan fingerprint density at radius 1 is 0.537 bits per heavy atom. The molecule has 0 saturated carbocycles. The van der Waals surface area contributed by atoms with Crippen molar-refractivity contribution in [1.29, 1.82) is 0 Å². The molecule has 0 heterocycles. The van der Waals surface area contributed by atoms with Crippen molar-refractivity contribution in [3.8, 4) is 22.3 Å². The molecule has 4 aromatic rings. The molecule has 4 aromatic carbocycles. The third-order valence-electron chi connectivity index (χ3n) is 12.1. The van der Waals surface area contributed by atoms with Crippen molar-refractivity contribution in [3.63, 3.8) is 0 Å². The Labute approximate surface area is 242 Å². The number of hydrogen-bond acceptors (Lipinski definition) is 0. The molecule has 0 N–H and O–H groups in total. The molecule has 0 nitrogen and oxygen atoms in total. The topological polar surface area (TPSA) is 0 Å². The molecule has 0 saturated heterocycles. The zero-order chi connectivity index (χ0) is 29.2. The van der Waals surface area contributed by atoms with Gasteiger partial charge < -0.3 is 0 Å². The van der Waals surface area contributed by atoms with Gasteiger partial charge in [0.15, 0.2) is 0 Å². The summed E-state index contributed by atoms with van der Waals surface area (Å²) >= 11 is -5.09. The standard InChI is InChI=1S/2C17H15.C2H5.3CH3.CH2.Hf/c2*1-2-13-7-3-4-10-15(13)17-12-6-9-14-8-5-11-16(14)17;1-2;;;;;/h2*3-12H,2H2,1H3;1H2,2H3;3*1H3;1H2;. The zero-order valence-corrected chi connectivity index (χ0v) is 29.5. The predicted molar refractivity (Wildman–Crippen MR) is 181 cm³/mol. The van der Waals surface area contributed by atoms with Crippen LogP contribution in [0.2, 0.25) is 18.2 Å². The molecule has 0 bridgehead atoms. The first kappa shape index (κ1) is 28.2. The van der Waals surface area contributed by atoms with Gasteiger partial charge in [-0.25, -0.2) is 0 Å². The van der Waals surface area contributed by atoms with Crippen molar-refractivity contribution in [3.05, 3.63) is 130 Å². The average molecular weight is 705 g/mol. The van der Waals surface area contributed by atoms with Crippen LogP contribution in [-0.2, 0) is 27.9 Å². The first-order valence-corrected chi connectivity index (χ1v) is 35.8. The van der Waals surface area contributed by atoms with Gasteiger partial charge in [0.2, 0.25) is 0 Å². The van der Waals surface area contributed by atoms with Crippen LogP contribution in [0.3, 0.4) is 0 Å². The number of aryl methyl sites for hydroxylation is 2. The monoisotopic (exact) mass is 706 g/mol. The Hall–Kier alpha value is -2.90. The van der Waals surface area contributed by atoms with Crippen LogP contribution in [0.1, 0.15) is 61.5 Å². The molecule has 2 atom stereocenters. The first-order chi connectivity index (χ1) is 19.4. The summed E-state index contributed by atoms with van der Waals surface area (Å²) in [6.45, 7) is 6.95. The fraction of sp³-hybridized carbons (Fsp3) is 0.275. The van der Waals surface area contributed by atoms with Gasteiger partial charge in [-0.2, -0.15) is 0 Å². The number of allylic oxidation sites excluding steroid dienone is 2. The van der Waals surface area contributed by atoms with Crippen molar-refractivity contribution in [1.82, 2.24) is 0 Å². The van der Waals surface area contributed by atoms with Crippen molar-refractivity contribution < 1.29 is 15.1 Å². The molecule has 2 unspecified atom stereocenters. The molecular formula is C40H46Hf. The van der Waals surface area contributed by atoms with Crippen molar-refractivity contribution in [2.75, 3.05) is 0 Å². The second-order valence-electron chi connectivity index (χ2n) is 16.3. The Kier molecular flexibility index (Phi) is 5.90. The van der Waals surface area contributed by atoms with Crippen molar-refractivity contribution >= 4 is 16.4 Å². The van der Waals surface area contributed by atoms with Gasteiger partial charge in [-0.1, -0.05) is 0 Å². The van der Waals surface area contributed by atoms with E-state index in [1.807, 2.05) is 0 Å². The third-order valence-corrected chi connectivity index (χ3v) is 50.3. The van der Waals surface area contributed by atoms with E-state index in [0.717, 1.165) is 17.0 Å². The second kappa shape index (κ2) is 8.57. The van der Waals surface area contributed by atoms with E-state index in [1.165, 1.54) is 55.6 Å². The molecule has 0 aliphatic heterocycles. The van der Waals surface area contributed by atoms with Gasteiger partial charge in [-0.05, 0) is 0 Å². The Morgan fingerprint density at radius 3 is 1.32 bits per heavy atom. The Morgan fingerprint density at radius 2 is 0.927 bits per heavy atom. The minimum atomic E-state index is -5.09. The van der Waals surface area contributed by atoms with Crippen LogP contribution in [0.5, 0.6) is 0 Å². The van der Waals surface area contributed by atoms with E-state index >= 15 is 0 Å². The molecule has 0 aromatic heterocycles. The Bertz CT molecular complexity index is 1760. The number of fused-ring (bicyclic) bond motifs is 2. The molecule has 0 spiro atoms. The first-order valence-electron chi connectivity index (χ1n) is 15.7. The molecule has 6 rings (SSSR count). The molecule has 41 heavy (non-hydrogen) atoms. The van der Waals surface area contributed by atoms with Gasteiger partial charge in [-0.15, -0.1) is 0 Å². The van der Waals surface area contributed by atoms with E-state index in [-0.39, 0.29) is 0 Å². The van der Waals surface area contributed by atoms with E-state index in [4.69, 9.17) is 4.26 Å². The van der Waals surface area contributed by atoms with E-state index in [0.29, 0.717) is 7.35 Å². The molecule has 2 aliphatic carbocycles. The molecule has 0 amide bonds.